The maximum atomic E-state index is 13.3. The third kappa shape index (κ3) is 4.41. The van der Waals surface area contributed by atoms with Gasteiger partial charge in [-0.15, -0.1) is 0 Å². The molecule has 0 aliphatic carbocycles. The monoisotopic (exact) mass is 343 g/mol. The van der Waals surface area contributed by atoms with Crippen molar-refractivity contribution in [3.63, 3.8) is 0 Å². The van der Waals surface area contributed by atoms with Crippen molar-refractivity contribution in [2.45, 2.75) is 6.54 Å². The number of hydrogen-bond donors (Lipinski definition) is 1. The van der Waals surface area contributed by atoms with Crippen LogP contribution in [-0.4, -0.2) is 44.2 Å². The molecule has 1 fully saturated rings. The van der Waals surface area contributed by atoms with E-state index in [1.807, 2.05) is 30.3 Å². The SMILES string of the molecule is COc1ccc(CNC(=O)N2CCN(c3cccc(F)c3)CC2)cc1. The van der Waals surface area contributed by atoms with Crippen LogP contribution in [0.25, 0.3) is 0 Å². The topological polar surface area (TPSA) is 44.8 Å². The Kier molecular flexibility index (Phi) is 5.38. The Balaban J connectivity index is 1.48. The van der Waals surface area contributed by atoms with Crippen LogP contribution in [0.5, 0.6) is 5.75 Å². The van der Waals surface area contributed by atoms with E-state index in [0.29, 0.717) is 32.7 Å². The number of urea groups is 1. The van der Waals surface area contributed by atoms with Gasteiger partial charge in [-0.25, -0.2) is 9.18 Å². The predicted molar refractivity (Wildman–Crippen MR) is 95.4 cm³/mol. The van der Waals surface area contributed by atoms with E-state index in [4.69, 9.17) is 4.74 Å². The zero-order valence-corrected chi connectivity index (χ0v) is 14.2. The molecule has 0 spiro atoms. The summed E-state index contributed by atoms with van der Waals surface area (Å²) in [5, 5.41) is 2.94. The van der Waals surface area contributed by atoms with Crippen molar-refractivity contribution in [2.24, 2.45) is 0 Å². The third-order valence-corrected chi connectivity index (χ3v) is 4.34. The molecule has 25 heavy (non-hydrogen) atoms. The molecule has 1 saturated heterocycles. The molecule has 0 saturated carbocycles. The lowest BCUT2D eigenvalue weighted by Gasteiger charge is -2.36. The summed E-state index contributed by atoms with van der Waals surface area (Å²) < 4.78 is 18.4. The second kappa shape index (κ2) is 7.88. The number of rotatable bonds is 4. The Morgan fingerprint density at radius 1 is 1.12 bits per heavy atom. The van der Waals surface area contributed by atoms with Crippen molar-refractivity contribution in [1.29, 1.82) is 0 Å². The Bertz CT molecular complexity index is 713. The minimum atomic E-state index is -0.239. The van der Waals surface area contributed by atoms with Crippen LogP contribution in [0.4, 0.5) is 14.9 Å². The first-order valence-corrected chi connectivity index (χ1v) is 8.32. The molecule has 0 bridgehead atoms. The number of benzene rings is 2. The fourth-order valence-electron chi connectivity index (χ4n) is 2.87. The molecule has 132 valence electrons. The Morgan fingerprint density at radius 3 is 2.48 bits per heavy atom. The van der Waals surface area contributed by atoms with E-state index in [-0.39, 0.29) is 11.8 Å². The van der Waals surface area contributed by atoms with Gasteiger partial charge in [-0.1, -0.05) is 18.2 Å². The number of carbonyl (C=O) groups excluding carboxylic acids is 1. The summed E-state index contributed by atoms with van der Waals surface area (Å²) >= 11 is 0. The molecule has 1 N–H and O–H groups in total. The highest BCUT2D eigenvalue weighted by molar-refractivity contribution is 5.74. The number of nitrogens with zero attached hydrogens (tertiary/aromatic N) is 2. The van der Waals surface area contributed by atoms with Crippen molar-refractivity contribution in [1.82, 2.24) is 10.2 Å². The maximum absolute atomic E-state index is 13.3. The first kappa shape index (κ1) is 17.1. The summed E-state index contributed by atoms with van der Waals surface area (Å²) in [4.78, 5) is 16.2. The number of amides is 2. The highest BCUT2D eigenvalue weighted by atomic mass is 19.1. The van der Waals surface area contributed by atoms with Gasteiger partial charge in [0.25, 0.3) is 0 Å². The minimum absolute atomic E-state index is 0.0743. The van der Waals surface area contributed by atoms with Crippen molar-refractivity contribution < 1.29 is 13.9 Å². The quantitative estimate of drug-likeness (QED) is 0.928. The van der Waals surface area contributed by atoms with Gasteiger partial charge in [0.05, 0.1) is 7.11 Å². The zero-order chi connectivity index (χ0) is 17.6. The number of hydrogen-bond acceptors (Lipinski definition) is 3. The number of halogens is 1. The molecule has 2 aromatic carbocycles. The number of nitrogens with one attached hydrogen (secondary N) is 1. The average molecular weight is 343 g/mol. The van der Waals surface area contributed by atoms with Gasteiger partial charge in [0.15, 0.2) is 0 Å². The van der Waals surface area contributed by atoms with Gasteiger partial charge in [-0.2, -0.15) is 0 Å². The highest BCUT2D eigenvalue weighted by Crippen LogP contribution is 2.17. The van der Waals surface area contributed by atoms with Crippen LogP contribution >= 0.6 is 0 Å². The lowest BCUT2D eigenvalue weighted by molar-refractivity contribution is 0.194. The van der Waals surface area contributed by atoms with Crippen molar-refractivity contribution in [3.8, 4) is 5.75 Å². The summed E-state index contributed by atoms with van der Waals surface area (Å²) in [6.07, 6.45) is 0. The first-order valence-electron chi connectivity index (χ1n) is 8.32. The molecule has 1 aliphatic rings. The average Bonchev–Trinajstić information content (AvgIpc) is 2.66. The second-order valence-electron chi connectivity index (χ2n) is 5.96. The smallest absolute Gasteiger partial charge is 0.317 e. The van der Waals surface area contributed by atoms with Gasteiger partial charge < -0.3 is 19.9 Å². The van der Waals surface area contributed by atoms with Crippen LogP contribution in [0.15, 0.2) is 48.5 Å². The largest absolute Gasteiger partial charge is 0.497 e. The normalized spacial score (nSPS) is 14.3. The van der Waals surface area contributed by atoms with Crippen molar-refractivity contribution >= 4 is 11.7 Å². The summed E-state index contributed by atoms with van der Waals surface area (Å²) in [5.41, 5.74) is 1.88. The molecule has 1 aliphatic heterocycles. The molecule has 0 unspecified atom stereocenters. The predicted octanol–water partition coefficient (Wildman–Crippen LogP) is 2.87. The van der Waals surface area contributed by atoms with E-state index in [9.17, 15) is 9.18 Å². The van der Waals surface area contributed by atoms with Gasteiger partial charge in [-0.3, -0.25) is 0 Å². The number of anilines is 1. The van der Waals surface area contributed by atoms with E-state index in [1.54, 1.807) is 18.1 Å². The second-order valence-corrected chi connectivity index (χ2v) is 5.96. The minimum Gasteiger partial charge on any atom is -0.497 e. The molecule has 0 atom stereocenters. The molecule has 0 aromatic heterocycles. The Labute approximate surface area is 147 Å². The Morgan fingerprint density at radius 2 is 1.84 bits per heavy atom. The van der Waals surface area contributed by atoms with Crippen molar-refractivity contribution in [3.05, 3.63) is 59.9 Å². The zero-order valence-electron chi connectivity index (χ0n) is 14.2. The number of methoxy groups -OCH3 is 1. The van der Waals surface area contributed by atoms with E-state index in [0.717, 1.165) is 17.0 Å². The van der Waals surface area contributed by atoms with Gasteiger partial charge in [0.1, 0.15) is 11.6 Å². The molecular weight excluding hydrogens is 321 g/mol. The van der Waals surface area contributed by atoms with Gasteiger partial charge >= 0.3 is 6.03 Å². The standard InChI is InChI=1S/C19H22FN3O2/c1-25-18-7-5-15(6-8-18)14-21-19(24)23-11-9-22(10-12-23)17-4-2-3-16(20)13-17/h2-8,13H,9-12,14H2,1H3,(H,21,24). The molecule has 3 rings (SSSR count). The lowest BCUT2D eigenvalue weighted by Crippen LogP contribution is -2.51. The maximum Gasteiger partial charge on any atom is 0.317 e. The van der Waals surface area contributed by atoms with E-state index in [2.05, 4.69) is 10.2 Å². The molecule has 0 radical (unpaired) electrons. The molecule has 1 heterocycles. The fraction of sp³-hybridized carbons (Fsp3) is 0.316. The fourth-order valence-corrected chi connectivity index (χ4v) is 2.87. The first-order chi connectivity index (χ1) is 12.2. The van der Waals surface area contributed by atoms with Crippen LogP contribution in [0.2, 0.25) is 0 Å². The third-order valence-electron chi connectivity index (χ3n) is 4.34. The molecule has 5 nitrogen and oxygen atoms in total. The van der Waals surface area contributed by atoms with Gasteiger partial charge in [0.2, 0.25) is 0 Å². The number of ether oxygens (including phenoxy) is 1. The summed E-state index contributed by atoms with van der Waals surface area (Å²) in [6.45, 7) is 3.10. The molecular formula is C19H22FN3O2. The van der Waals surface area contributed by atoms with Crippen LogP contribution in [0.3, 0.4) is 0 Å². The number of carbonyl (C=O) groups is 1. The van der Waals surface area contributed by atoms with Crippen LogP contribution in [0, 0.1) is 5.82 Å². The lowest BCUT2D eigenvalue weighted by atomic mass is 10.2. The van der Waals surface area contributed by atoms with Gasteiger partial charge in [-0.05, 0) is 35.9 Å². The number of piperazine rings is 1. The molecule has 2 amide bonds. The molecule has 6 heteroatoms. The van der Waals surface area contributed by atoms with E-state index < -0.39 is 0 Å². The van der Waals surface area contributed by atoms with Gasteiger partial charge in [0, 0.05) is 38.4 Å². The van der Waals surface area contributed by atoms with Crippen LogP contribution < -0.4 is 15.0 Å². The Hall–Kier alpha value is -2.76. The highest BCUT2D eigenvalue weighted by Gasteiger charge is 2.21. The van der Waals surface area contributed by atoms with Crippen LogP contribution in [-0.2, 0) is 6.54 Å². The summed E-state index contributed by atoms with van der Waals surface area (Å²) in [7, 11) is 1.63. The molecule has 2 aromatic rings. The summed E-state index contributed by atoms with van der Waals surface area (Å²) in [5.74, 6) is 0.556. The van der Waals surface area contributed by atoms with Crippen LogP contribution in [0.1, 0.15) is 5.56 Å². The van der Waals surface area contributed by atoms with E-state index in [1.165, 1.54) is 12.1 Å². The van der Waals surface area contributed by atoms with E-state index >= 15 is 0 Å². The van der Waals surface area contributed by atoms with Crippen molar-refractivity contribution in [2.75, 3.05) is 38.2 Å². The summed E-state index contributed by atoms with van der Waals surface area (Å²) in [6, 6.07) is 14.1.